The average molecular weight is 650 g/mol. The number of nitrogens with zero attached hydrogens (tertiary/aromatic N) is 3. The maximum atomic E-state index is 5.55. The zero-order chi connectivity index (χ0) is 31.9. The summed E-state index contributed by atoms with van der Waals surface area (Å²) in [7, 11) is 0. The maximum absolute atomic E-state index is 5.55. The van der Waals surface area contributed by atoms with Crippen LogP contribution in [0.4, 0.5) is 0 Å². The summed E-state index contributed by atoms with van der Waals surface area (Å²) in [6.45, 7) is 6.25. The molecule has 226 valence electrons. The quantitative estimate of drug-likeness (QED) is 0.178. The molecule has 5 heteroatoms. The first kappa shape index (κ1) is 27.5. The van der Waals surface area contributed by atoms with Gasteiger partial charge >= 0.3 is 0 Å². The normalized spacial score (nSPS) is 12.3. The topological polar surface area (TPSA) is 30.7 Å². The van der Waals surface area contributed by atoms with Crippen LogP contribution >= 0.6 is 22.7 Å². The van der Waals surface area contributed by atoms with E-state index in [4.69, 9.17) is 9.97 Å². The first-order valence-electron chi connectivity index (χ1n) is 16.0. The van der Waals surface area contributed by atoms with Gasteiger partial charge < -0.3 is 0 Å². The van der Waals surface area contributed by atoms with Gasteiger partial charge in [0, 0.05) is 47.8 Å². The number of hydrogen-bond acceptors (Lipinski definition) is 4. The lowest BCUT2D eigenvalue weighted by Gasteiger charge is -2.13. The minimum atomic E-state index is 0.732. The van der Waals surface area contributed by atoms with Crippen molar-refractivity contribution in [3.05, 3.63) is 145 Å². The molecule has 4 aromatic heterocycles. The Bertz CT molecular complexity index is 2990. The Kier molecular flexibility index (Phi) is 5.98. The standard InChI is InChI=1S/C43H27N3S2/c1-3-4-16-27-25(2)46(39-36(27)29-18-7-8-19-30(29)37-32-20-9-11-23-34(32)47-40(37)39)43-41-38(33-21-10-12-24-35(33)48-41)44-42(45-43)31-22-13-15-26-14-5-6-17-28(26)31/h3-24H,1H2,2H3/b16-4-. The summed E-state index contributed by atoms with van der Waals surface area (Å²) in [5.41, 5.74) is 5.53. The Morgan fingerprint density at radius 2 is 1.25 bits per heavy atom. The second kappa shape index (κ2) is 10.4. The maximum Gasteiger partial charge on any atom is 0.162 e. The van der Waals surface area contributed by atoms with Crippen molar-refractivity contribution in [3.63, 3.8) is 0 Å². The zero-order valence-corrected chi connectivity index (χ0v) is 27.7. The van der Waals surface area contributed by atoms with Crippen molar-refractivity contribution in [1.82, 2.24) is 14.5 Å². The molecule has 0 unspecified atom stereocenters. The molecule has 0 bridgehead atoms. The van der Waals surface area contributed by atoms with Gasteiger partial charge in [0.1, 0.15) is 0 Å². The Morgan fingerprint density at radius 1 is 0.625 bits per heavy atom. The van der Waals surface area contributed by atoms with E-state index in [0.717, 1.165) is 43.9 Å². The fourth-order valence-electron chi connectivity index (χ4n) is 7.50. The molecule has 10 rings (SSSR count). The summed E-state index contributed by atoms with van der Waals surface area (Å²) in [5.74, 6) is 1.65. The molecule has 48 heavy (non-hydrogen) atoms. The van der Waals surface area contributed by atoms with Crippen molar-refractivity contribution < 1.29 is 0 Å². The highest BCUT2D eigenvalue weighted by molar-refractivity contribution is 7.27. The molecule has 3 nitrogen and oxygen atoms in total. The summed E-state index contributed by atoms with van der Waals surface area (Å²) >= 11 is 3.64. The van der Waals surface area contributed by atoms with Gasteiger partial charge in [0.2, 0.25) is 0 Å². The van der Waals surface area contributed by atoms with Crippen LogP contribution in [0.3, 0.4) is 0 Å². The average Bonchev–Trinajstić information content (AvgIpc) is 3.80. The van der Waals surface area contributed by atoms with Crippen LogP contribution < -0.4 is 0 Å². The minimum Gasteiger partial charge on any atom is -0.295 e. The third-order valence-electron chi connectivity index (χ3n) is 9.57. The van der Waals surface area contributed by atoms with Gasteiger partial charge in [0.15, 0.2) is 11.6 Å². The molecule has 0 aliphatic heterocycles. The predicted octanol–water partition coefficient (Wildman–Crippen LogP) is 12.6. The van der Waals surface area contributed by atoms with Crippen molar-refractivity contribution in [2.45, 2.75) is 6.92 Å². The summed E-state index contributed by atoms with van der Waals surface area (Å²) in [4.78, 5) is 10.9. The smallest absolute Gasteiger partial charge is 0.162 e. The SMILES string of the molecule is C=C/C=C\c1c(C)n(-c2nc(-c3cccc4ccccc34)nc3c2sc2ccccc23)c2c3sc4ccccc4c3c3ccccc3c12. The van der Waals surface area contributed by atoms with Crippen molar-refractivity contribution >= 4 is 102 Å². The van der Waals surface area contributed by atoms with Crippen LogP contribution in [0.15, 0.2) is 134 Å². The second-order valence-corrected chi connectivity index (χ2v) is 14.3. The lowest BCUT2D eigenvalue weighted by Crippen LogP contribution is -2.03. The predicted molar refractivity (Wildman–Crippen MR) is 209 cm³/mol. The highest BCUT2D eigenvalue weighted by Gasteiger charge is 2.26. The number of fused-ring (bicyclic) bond motifs is 12. The largest absolute Gasteiger partial charge is 0.295 e. The lowest BCUT2D eigenvalue weighted by molar-refractivity contribution is 1.00. The van der Waals surface area contributed by atoms with E-state index in [0.29, 0.717) is 0 Å². The van der Waals surface area contributed by atoms with Crippen LogP contribution in [0.25, 0.3) is 96.2 Å². The molecule has 0 atom stereocenters. The van der Waals surface area contributed by atoms with Gasteiger partial charge in [-0.1, -0.05) is 128 Å². The first-order chi connectivity index (χ1) is 23.7. The molecule has 0 aliphatic rings. The number of aromatic nitrogens is 3. The summed E-state index contributed by atoms with van der Waals surface area (Å²) in [6, 6.07) is 41.2. The van der Waals surface area contributed by atoms with Crippen LogP contribution in [0.2, 0.25) is 0 Å². The molecule has 0 amide bonds. The Morgan fingerprint density at radius 3 is 2.04 bits per heavy atom. The van der Waals surface area contributed by atoms with Gasteiger partial charge in [-0.3, -0.25) is 4.57 Å². The van der Waals surface area contributed by atoms with Crippen LogP contribution in [0, 0.1) is 6.92 Å². The summed E-state index contributed by atoms with van der Waals surface area (Å²) in [6.07, 6.45) is 6.12. The third kappa shape index (κ3) is 3.80. The van der Waals surface area contributed by atoms with E-state index < -0.39 is 0 Å². The van der Waals surface area contributed by atoms with E-state index in [9.17, 15) is 0 Å². The first-order valence-corrected chi connectivity index (χ1v) is 17.7. The zero-order valence-electron chi connectivity index (χ0n) is 26.1. The number of allylic oxidation sites excluding steroid dienone is 2. The Labute approximate surface area is 284 Å². The van der Waals surface area contributed by atoms with Gasteiger partial charge in [-0.2, -0.15) is 0 Å². The molecule has 0 fully saturated rings. The summed E-state index contributed by atoms with van der Waals surface area (Å²) in [5, 5.41) is 9.81. The molecule has 0 radical (unpaired) electrons. The third-order valence-corrected chi connectivity index (χ3v) is 11.9. The fourth-order valence-corrected chi connectivity index (χ4v) is 9.88. The second-order valence-electron chi connectivity index (χ2n) is 12.2. The number of rotatable bonds is 4. The van der Waals surface area contributed by atoms with E-state index in [1.807, 2.05) is 23.5 Å². The fraction of sp³-hybridized carbons (Fsp3) is 0.0233. The van der Waals surface area contributed by atoms with E-state index in [1.165, 1.54) is 57.5 Å². The van der Waals surface area contributed by atoms with Crippen molar-refractivity contribution in [2.24, 2.45) is 0 Å². The molecular formula is C43H27N3S2. The molecule has 0 aliphatic carbocycles. The molecule has 0 saturated carbocycles. The van der Waals surface area contributed by atoms with Crippen molar-refractivity contribution in [3.8, 4) is 17.2 Å². The van der Waals surface area contributed by atoms with Crippen molar-refractivity contribution in [1.29, 1.82) is 0 Å². The van der Waals surface area contributed by atoms with Crippen molar-refractivity contribution in [2.75, 3.05) is 0 Å². The lowest BCUT2D eigenvalue weighted by atomic mass is 9.98. The highest BCUT2D eigenvalue weighted by Crippen LogP contribution is 2.48. The van der Waals surface area contributed by atoms with Crippen LogP contribution in [0.1, 0.15) is 11.3 Å². The van der Waals surface area contributed by atoms with Gasteiger partial charge in [0.25, 0.3) is 0 Å². The molecule has 0 saturated heterocycles. The van der Waals surface area contributed by atoms with E-state index in [1.54, 1.807) is 11.3 Å². The van der Waals surface area contributed by atoms with Crippen LogP contribution in [-0.4, -0.2) is 14.5 Å². The van der Waals surface area contributed by atoms with Gasteiger partial charge in [0.05, 0.1) is 20.4 Å². The van der Waals surface area contributed by atoms with E-state index in [2.05, 4.69) is 139 Å². The van der Waals surface area contributed by atoms with E-state index >= 15 is 0 Å². The molecule has 6 aromatic carbocycles. The van der Waals surface area contributed by atoms with Crippen LogP contribution in [-0.2, 0) is 0 Å². The molecule has 0 N–H and O–H groups in total. The monoisotopic (exact) mass is 649 g/mol. The number of benzene rings is 6. The van der Waals surface area contributed by atoms with Gasteiger partial charge in [-0.05, 0) is 40.6 Å². The number of hydrogen-bond donors (Lipinski definition) is 0. The minimum absolute atomic E-state index is 0.732. The van der Waals surface area contributed by atoms with Crippen LogP contribution in [0.5, 0.6) is 0 Å². The molecular weight excluding hydrogens is 623 g/mol. The molecule has 4 heterocycles. The molecule has 0 spiro atoms. The molecule has 10 aromatic rings. The Hall–Kier alpha value is -5.62. The van der Waals surface area contributed by atoms with E-state index in [-0.39, 0.29) is 0 Å². The Balaban J connectivity index is 1.45. The number of thiophene rings is 2. The summed E-state index contributed by atoms with van der Waals surface area (Å²) < 4.78 is 7.27. The van der Waals surface area contributed by atoms with Gasteiger partial charge in [-0.25, -0.2) is 9.97 Å². The van der Waals surface area contributed by atoms with Gasteiger partial charge in [-0.15, -0.1) is 22.7 Å². The highest BCUT2D eigenvalue weighted by atomic mass is 32.1.